The van der Waals surface area contributed by atoms with E-state index in [0.29, 0.717) is 12.5 Å². The second kappa shape index (κ2) is 7.50. The van der Waals surface area contributed by atoms with Crippen LogP contribution < -0.4 is 4.74 Å². The smallest absolute Gasteiger partial charge is 0.147 e. The van der Waals surface area contributed by atoms with Crippen molar-refractivity contribution in [3.63, 3.8) is 0 Å². The van der Waals surface area contributed by atoms with Crippen molar-refractivity contribution in [1.29, 1.82) is 0 Å². The zero-order valence-corrected chi connectivity index (χ0v) is 15.3. The third kappa shape index (κ3) is 3.47. The third-order valence-electron chi connectivity index (χ3n) is 5.57. The number of para-hydroxylation sites is 2. The van der Waals surface area contributed by atoms with Gasteiger partial charge in [0.2, 0.25) is 0 Å². The van der Waals surface area contributed by atoms with E-state index in [-0.39, 0.29) is 6.10 Å². The van der Waals surface area contributed by atoms with Crippen LogP contribution in [0, 0.1) is 5.92 Å². The van der Waals surface area contributed by atoms with Gasteiger partial charge in [-0.3, -0.25) is 0 Å². The van der Waals surface area contributed by atoms with Gasteiger partial charge in [0.1, 0.15) is 18.2 Å². The highest BCUT2D eigenvalue weighted by Crippen LogP contribution is 2.34. The highest BCUT2D eigenvalue weighted by Gasteiger charge is 2.22. The minimum absolute atomic E-state index is 0.357. The van der Waals surface area contributed by atoms with E-state index >= 15 is 0 Å². The Morgan fingerprint density at radius 3 is 2.54 bits per heavy atom. The zero-order chi connectivity index (χ0) is 17.9. The van der Waals surface area contributed by atoms with Crippen LogP contribution in [0.25, 0.3) is 11.0 Å². The second-order valence-electron chi connectivity index (χ2n) is 7.28. The van der Waals surface area contributed by atoms with Crippen LogP contribution in [-0.2, 0) is 13.7 Å². The number of rotatable bonds is 5. The zero-order valence-electron chi connectivity index (χ0n) is 15.3. The molecule has 4 rings (SSSR count). The molecule has 1 aromatic heterocycles. The van der Waals surface area contributed by atoms with E-state index in [1.54, 1.807) is 0 Å². The van der Waals surface area contributed by atoms with Crippen LogP contribution in [0.1, 0.15) is 49.6 Å². The molecule has 1 fully saturated rings. The maximum atomic E-state index is 10.6. The van der Waals surface area contributed by atoms with Gasteiger partial charge in [-0.15, -0.1) is 0 Å². The molecule has 4 nitrogen and oxygen atoms in total. The number of benzene rings is 2. The van der Waals surface area contributed by atoms with Gasteiger partial charge in [-0.2, -0.15) is 0 Å². The van der Waals surface area contributed by atoms with Crippen LogP contribution in [0.15, 0.2) is 48.5 Å². The molecule has 3 aromatic rings. The lowest BCUT2D eigenvalue weighted by Crippen LogP contribution is -2.15. The van der Waals surface area contributed by atoms with Crippen LogP contribution in [0.2, 0.25) is 0 Å². The monoisotopic (exact) mass is 350 g/mol. The number of fused-ring (bicyclic) bond motifs is 1. The molecule has 136 valence electrons. The summed E-state index contributed by atoms with van der Waals surface area (Å²) in [6.45, 7) is 0.426. The first-order chi connectivity index (χ1) is 12.7. The molecule has 4 heteroatoms. The van der Waals surface area contributed by atoms with Crippen LogP contribution in [0.5, 0.6) is 5.75 Å². The number of aliphatic hydroxyl groups excluding tert-OH is 1. The fraction of sp³-hybridized carbons (Fsp3) is 0.409. The first-order valence-corrected chi connectivity index (χ1v) is 9.53. The summed E-state index contributed by atoms with van der Waals surface area (Å²) in [6, 6.07) is 16.0. The lowest BCUT2D eigenvalue weighted by Gasteiger charge is -2.26. The molecule has 0 saturated heterocycles. The summed E-state index contributed by atoms with van der Waals surface area (Å²) in [7, 11) is 2.01. The molecule has 2 aromatic carbocycles. The summed E-state index contributed by atoms with van der Waals surface area (Å²) < 4.78 is 7.98. The highest BCUT2D eigenvalue weighted by molar-refractivity contribution is 5.75. The summed E-state index contributed by atoms with van der Waals surface area (Å²) in [5.74, 6) is 2.10. The number of aryl methyl sites for hydroxylation is 1. The third-order valence-corrected chi connectivity index (χ3v) is 5.57. The Labute approximate surface area is 154 Å². The molecule has 1 unspecified atom stereocenters. The average Bonchev–Trinajstić information content (AvgIpc) is 3.03. The Hall–Kier alpha value is -2.33. The first-order valence-electron chi connectivity index (χ1n) is 9.53. The van der Waals surface area contributed by atoms with Crippen molar-refractivity contribution >= 4 is 11.0 Å². The number of ether oxygens (including phenoxy) is 1. The van der Waals surface area contributed by atoms with Crippen LogP contribution >= 0.6 is 0 Å². The Balaban J connectivity index is 1.41. The van der Waals surface area contributed by atoms with Gasteiger partial charge in [0.25, 0.3) is 0 Å². The van der Waals surface area contributed by atoms with Crippen molar-refractivity contribution in [2.75, 3.05) is 0 Å². The normalized spacial score (nSPS) is 16.7. The molecule has 1 atom stereocenters. The summed E-state index contributed by atoms with van der Waals surface area (Å²) in [5.41, 5.74) is 3.09. The largest absolute Gasteiger partial charge is 0.486 e. The van der Waals surface area contributed by atoms with Crippen molar-refractivity contribution in [1.82, 2.24) is 9.55 Å². The van der Waals surface area contributed by atoms with E-state index < -0.39 is 0 Å². The van der Waals surface area contributed by atoms with Crippen molar-refractivity contribution < 1.29 is 9.84 Å². The predicted octanol–water partition coefficient (Wildman–Crippen LogP) is 4.77. The maximum absolute atomic E-state index is 10.6. The lowest BCUT2D eigenvalue weighted by atomic mass is 9.83. The summed E-state index contributed by atoms with van der Waals surface area (Å²) >= 11 is 0. The Bertz CT molecular complexity index is 863. The predicted molar refractivity (Wildman–Crippen MR) is 103 cm³/mol. The Kier molecular flexibility index (Phi) is 4.93. The molecule has 0 bridgehead atoms. The second-order valence-corrected chi connectivity index (χ2v) is 7.28. The molecular formula is C22H26N2O2. The molecule has 1 N–H and O–H groups in total. The van der Waals surface area contributed by atoms with Gasteiger partial charge < -0.3 is 14.4 Å². The minimum atomic E-state index is -0.357. The van der Waals surface area contributed by atoms with Crippen molar-refractivity contribution in [3.05, 3.63) is 59.9 Å². The van der Waals surface area contributed by atoms with E-state index in [2.05, 4.69) is 15.6 Å². The lowest BCUT2D eigenvalue weighted by molar-refractivity contribution is 0.0848. The van der Waals surface area contributed by atoms with Gasteiger partial charge in [0, 0.05) is 7.05 Å². The molecule has 1 heterocycles. The molecule has 1 aliphatic carbocycles. The summed E-state index contributed by atoms with van der Waals surface area (Å²) in [6.07, 6.45) is 5.68. The Morgan fingerprint density at radius 1 is 1.08 bits per heavy atom. The molecule has 0 aliphatic heterocycles. The van der Waals surface area contributed by atoms with Gasteiger partial charge in [0.15, 0.2) is 0 Å². The first kappa shape index (κ1) is 17.1. The quantitative estimate of drug-likeness (QED) is 0.721. The molecule has 1 aliphatic rings. The standard InChI is InChI=1S/C22H26N2O2/c1-24-20-10-6-5-9-19(20)23-21(24)15-26-18-13-11-17(12-14-18)22(25)16-7-3-2-4-8-16/h5-6,9-14,16,22,25H,2-4,7-8,15H2,1H3. The van der Waals surface area contributed by atoms with E-state index in [4.69, 9.17) is 4.74 Å². The molecule has 0 amide bonds. The van der Waals surface area contributed by atoms with Crippen molar-refractivity contribution in [3.8, 4) is 5.75 Å². The van der Waals surface area contributed by atoms with E-state index in [9.17, 15) is 5.11 Å². The fourth-order valence-corrected chi connectivity index (χ4v) is 3.96. The van der Waals surface area contributed by atoms with E-state index in [1.807, 2.05) is 49.5 Å². The van der Waals surface area contributed by atoms with Gasteiger partial charge in [-0.05, 0) is 48.6 Å². The van der Waals surface area contributed by atoms with Gasteiger partial charge in [-0.25, -0.2) is 4.98 Å². The maximum Gasteiger partial charge on any atom is 0.147 e. The van der Waals surface area contributed by atoms with Crippen molar-refractivity contribution in [2.24, 2.45) is 13.0 Å². The van der Waals surface area contributed by atoms with Crippen LogP contribution in [-0.4, -0.2) is 14.7 Å². The summed E-state index contributed by atoms with van der Waals surface area (Å²) in [4.78, 5) is 4.63. The van der Waals surface area contributed by atoms with Gasteiger partial charge >= 0.3 is 0 Å². The van der Waals surface area contributed by atoms with Gasteiger partial charge in [0.05, 0.1) is 17.1 Å². The number of aromatic nitrogens is 2. The van der Waals surface area contributed by atoms with Gasteiger partial charge in [-0.1, -0.05) is 43.5 Å². The highest BCUT2D eigenvalue weighted by atomic mass is 16.5. The topological polar surface area (TPSA) is 47.3 Å². The number of nitrogens with zero attached hydrogens (tertiary/aromatic N) is 2. The molecule has 26 heavy (non-hydrogen) atoms. The molecular weight excluding hydrogens is 324 g/mol. The van der Waals surface area contributed by atoms with E-state index in [1.165, 1.54) is 19.3 Å². The molecule has 0 radical (unpaired) electrons. The van der Waals surface area contributed by atoms with E-state index in [0.717, 1.165) is 41.0 Å². The van der Waals surface area contributed by atoms with Crippen LogP contribution in [0.3, 0.4) is 0 Å². The summed E-state index contributed by atoms with van der Waals surface area (Å²) in [5, 5.41) is 10.6. The fourth-order valence-electron chi connectivity index (χ4n) is 3.96. The number of hydrogen-bond donors (Lipinski definition) is 1. The number of aliphatic hydroxyl groups is 1. The molecule has 1 saturated carbocycles. The SMILES string of the molecule is Cn1c(COc2ccc(C(O)C3CCCCC3)cc2)nc2ccccc21. The Morgan fingerprint density at radius 2 is 1.81 bits per heavy atom. The minimum Gasteiger partial charge on any atom is -0.486 e. The molecule has 0 spiro atoms. The van der Waals surface area contributed by atoms with Crippen LogP contribution in [0.4, 0.5) is 0 Å². The number of imidazole rings is 1. The average molecular weight is 350 g/mol. The van der Waals surface area contributed by atoms with Crippen molar-refractivity contribution in [2.45, 2.75) is 44.8 Å². The number of hydrogen-bond acceptors (Lipinski definition) is 3.